The Morgan fingerprint density at radius 3 is 2.40 bits per heavy atom. The van der Waals surface area contributed by atoms with Crippen molar-refractivity contribution >= 4 is 29.0 Å². The van der Waals surface area contributed by atoms with Crippen LogP contribution in [0.5, 0.6) is 0 Å². The van der Waals surface area contributed by atoms with Crippen LogP contribution in [0, 0.1) is 0 Å². The Balaban J connectivity index is 1.92. The van der Waals surface area contributed by atoms with E-state index in [-0.39, 0.29) is 31.1 Å². The normalized spacial score (nSPS) is 15.1. The fourth-order valence-electron chi connectivity index (χ4n) is 3.89. The molecule has 1 amide bonds. The molecule has 1 N–H and O–H groups in total. The molecule has 30 heavy (non-hydrogen) atoms. The molecule has 0 bridgehead atoms. The lowest BCUT2D eigenvalue weighted by Crippen LogP contribution is -2.35. The molecular formula is C24H28N2O4. The maximum Gasteiger partial charge on any atom is 0.313 e. The number of rotatable bonds is 9. The van der Waals surface area contributed by atoms with Crippen molar-refractivity contribution in [3.05, 3.63) is 59.2 Å². The number of nitrogens with one attached hydrogen (secondary N) is 1. The van der Waals surface area contributed by atoms with Crippen LogP contribution in [0.25, 0.3) is 0 Å². The van der Waals surface area contributed by atoms with Gasteiger partial charge < -0.3 is 4.74 Å². The van der Waals surface area contributed by atoms with Crippen LogP contribution < -0.4 is 10.4 Å². The Kier molecular flexibility index (Phi) is 6.87. The molecule has 1 atom stereocenters. The summed E-state index contributed by atoms with van der Waals surface area (Å²) >= 11 is 0. The number of fused-ring (bicyclic) bond motifs is 1. The number of aryl methyl sites for hydroxylation is 2. The van der Waals surface area contributed by atoms with Gasteiger partial charge in [0.25, 0.3) is 5.91 Å². The Labute approximate surface area is 177 Å². The number of carbonyl (C=O) groups is 3. The lowest BCUT2D eigenvalue weighted by molar-refractivity contribution is -0.145. The van der Waals surface area contributed by atoms with Gasteiger partial charge in [-0.1, -0.05) is 50.2 Å². The predicted molar refractivity (Wildman–Crippen MR) is 116 cm³/mol. The summed E-state index contributed by atoms with van der Waals surface area (Å²) in [7, 11) is 0. The second-order valence-corrected chi connectivity index (χ2v) is 7.28. The summed E-state index contributed by atoms with van der Waals surface area (Å²) in [5, 5.41) is 1.57. The van der Waals surface area contributed by atoms with Gasteiger partial charge in [0.05, 0.1) is 23.9 Å². The van der Waals surface area contributed by atoms with Crippen LogP contribution in [0.4, 0.5) is 11.4 Å². The fourth-order valence-corrected chi connectivity index (χ4v) is 3.89. The van der Waals surface area contributed by atoms with Crippen molar-refractivity contribution in [3.8, 4) is 0 Å². The van der Waals surface area contributed by atoms with Gasteiger partial charge in [-0.25, -0.2) is 5.01 Å². The van der Waals surface area contributed by atoms with E-state index in [9.17, 15) is 14.4 Å². The molecule has 158 valence electrons. The number of nitrogens with zero attached hydrogens (tertiary/aromatic N) is 1. The van der Waals surface area contributed by atoms with Crippen molar-refractivity contribution in [3.63, 3.8) is 0 Å². The van der Waals surface area contributed by atoms with Crippen LogP contribution in [0.1, 0.15) is 56.2 Å². The highest BCUT2D eigenvalue weighted by Crippen LogP contribution is 2.42. The summed E-state index contributed by atoms with van der Waals surface area (Å²) in [6.07, 6.45) is 1.25. The van der Waals surface area contributed by atoms with Gasteiger partial charge in [0.1, 0.15) is 12.2 Å². The molecule has 0 aromatic heterocycles. The lowest BCUT2D eigenvalue weighted by Gasteiger charge is -2.23. The zero-order valence-corrected chi connectivity index (χ0v) is 17.7. The highest BCUT2D eigenvalue weighted by atomic mass is 16.5. The second-order valence-electron chi connectivity index (χ2n) is 7.28. The highest BCUT2D eigenvalue weighted by molar-refractivity contribution is 6.09. The van der Waals surface area contributed by atoms with E-state index in [2.05, 4.69) is 12.3 Å². The molecule has 0 spiro atoms. The fraction of sp³-hybridized carbons (Fsp3) is 0.375. The third-order valence-electron chi connectivity index (χ3n) is 5.36. The van der Waals surface area contributed by atoms with E-state index in [1.165, 1.54) is 0 Å². The number of anilines is 2. The minimum atomic E-state index is -0.616. The molecule has 1 aliphatic heterocycles. The van der Waals surface area contributed by atoms with Crippen molar-refractivity contribution < 1.29 is 19.1 Å². The minimum absolute atomic E-state index is 0.0224. The molecule has 6 nitrogen and oxygen atoms in total. The number of hydrogen-bond acceptors (Lipinski definition) is 5. The van der Waals surface area contributed by atoms with E-state index in [4.69, 9.17) is 4.74 Å². The summed E-state index contributed by atoms with van der Waals surface area (Å²) in [5.41, 5.74) is 7.91. The standard InChI is InChI=1S/C24H28N2O4/c1-4-16-10-7-8-13-21(16)25-26-23-17(5-2)11-9-12-19(23)20(24(26)29)14-18(27)15-22(28)30-6-3/h7-13,20,25H,4-6,14-15H2,1-3H3. The number of ketones is 1. The molecule has 1 aliphatic rings. The van der Waals surface area contributed by atoms with Crippen LogP contribution in [0.15, 0.2) is 42.5 Å². The van der Waals surface area contributed by atoms with Crippen molar-refractivity contribution in [2.24, 2.45) is 0 Å². The summed E-state index contributed by atoms with van der Waals surface area (Å²) in [5.74, 6) is -1.65. The topological polar surface area (TPSA) is 75.7 Å². The van der Waals surface area contributed by atoms with E-state index in [0.29, 0.717) is 0 Å². The molecule has 2 aromatic rings. The maximum absolute atomic E-state index is 13.4. The van der Waals surface area contributed by atoms with Gasteiger partial charge in [0, 0.05) is 6.42 Å². The summed E-state index contributed by atoms with van der Waals surface area (Å²) in [6.45, 7) is 6.03. The van der Waals surface area contributed by atoms with Crippen molar-refractivity contribution in [2.45, 2.75) is 52.4 Å². The smallest absolute Gasteiger partial charge is 0.313 e. The number of benzene rings is 2. The first kappa shape index (κ1) is 21.6. The molecule has 0 saturated carbocycles. The first-order chi connectivity index (χ1) is 14.5. The summed E-state index contributed by atoms with van der Waals surface area (Å²) in [4.78, 5) is 37.5. The van der Waals surface area contributed by atoms with Gasteiger partial charge in [-0.05, 0) is 42.5 Å². The number of carbonyl (C=O) groups excluding carboxylic acids is 3. The Bertz CT molecular complexity index is 954. The number of hydrogen-bond donors (Lipinski definition) is 1. The first-order valence-corrected chi connectivity index (χ1v) is 10.5. The van der Waals surface area contributed by atoms with Gasteiger partial charge in [-0.2, -0.15) is 0 Å². The third kappa shape index (κ3) is 4.37. The third-order valence-corrected chi connectivity index (χ3v) is 5.36. The quantitative estimate of drug-likeness (QED) is 0.498. The highest BCUT2D eigenvalue weighted by Gasteiger charge is 2.40. The van der Waals surface area contributed by atoms with Crippen LogP contribution >= 0.6 is 0 Å². The van der Waals surface area contributed by atoms with Crippen molar-refractivity contribution in [1.29, 1.82) is 0 Å². The van der Waals surface area contributed by atoms with Crippen LogP contribution in [-0.4, -0.2) is 24.3 Å². The van der Waals surface area contributed by atoms with E-state index >= 15 is 0 Å². The molecule has 0 aliphatic carbocycles. The zero-order valence-electron chi connectivity index (χ0n) is 17.7. The van der Waals surface area contributed by atoms with E-state index in [0.717, 1.165) is 40.9 Å². The largest absolute Gasteiger partial charge is 0.466 e. The molecule has 0 fully saturated rings. The molecular weight excluding hydrogens is 380 g/mol. The Morgan fingerprint density at radius 1 is 1.00 bits per heavy atom. The lowest BCUT2D eigenvalue weighted by atomic mass is 9.92. The number of Topliss-reactive ketones (excluding diaryl/α,β-unsaturated/α-hetero) is 1. The average Bonchev–Trinajstić information content (AvgIpc) is 3.00. The zero-order chi connectivity index (χ0) is 21.7. The molecule has 1 heterocycles. The minimum Gasteiger partial charge on any atom is -0.466 e. The van der Waals surface area contributed by atoms with Gasteiger partial charge in [-0.15, -0.1) is 0 Å². The molecule has 2 aromatic carbocycles. The van der Waals surface area contributed by atoms with Crippen molar-refractivity contribution in [2.75, 3.05) is 17.0 Å². The van der Waals surface area contributed by atoms with Gasteiger partial charge in [0.15, 0.2) is 0 Å². The number of hydrazine groups is 1. The van der Waals surface area contributed by atoms with Crippen molar-refractivity contribution in [1.82, 2.24) is 0 Å². The predicted octanol–water partition coefficient (Wildman–Crippen LogP) is 4.18. The van der Waals surface area contributed by atoms with Crippen LogP contribution in [0.2, 0.25) is 0 Å². The SMILES string of the molecule is CCOC(=O)CC(=O)CC1C(=O)N(Nc2ccccc2CC)c2c(CC)cccc21. The van der Waals surface area contributed by atoms with E-state index < -0.39 is 11.9 Å². The maximum atomic E-state index is 13.4. The van der Waals surface area contributed by atoms with E-state index in [1.54, 1.807) is 11.9 Å². The number of para-hydroxylation sites is 2. The van der Waals surface area contributed by atoms with Gasteiger partial charge in [-0.3, -0.25) is 19.8 Å². The monoisotopic (exact) mass is 408 g/mol. The number of amides is 1. The summed E-state index contributed by atoms with van der Waals surface area (Å²) < 4.78 is 4.87. The molecule has 0 saturated heterocycles. The van der Waals surface area contributed by atoms with Gasteiger partial charge >= 0.3 is 5.97 Å². The number of esters is 1. The van der Waals surface area contributed by atoms with Crippen LogP contribution in [0.3, 0.4) is 0 Å². The Morgan fingerprint density at radius 2 is 1.70 bits per heavy atom. The summed E-state index contributed by atoms with van der Waals surface area (Å²) in [6, 6.07) is 13.7. The first-order valence-electron chi connectivity index (χ1n) is 10.5. The second kappa shape index (κ2) is 9.57. The molecule has 6 heteroatoms. The molecule has 1 unspecified atom stereocenters. The van der Waals surface area contributed by atoms with Gasteiger partial charge in [0.2, 0.25) is 0 Å². The number of ether oxygens (including phenoxy) is 1. The Hall–Kier alpha value is -3.15. The van der Waals surface area contributed by atoms with E-state index in [1.807, 2.05) is 49.4 Å². The molecule has 0 radical (unpaired) electrons. The van der Waals surface area contributed by atoms with Crippen LogP contribution in [-0.2, 0) is 32.0 Å². The average molecular weight is 408 g/mol. The molecule has 3 rings (SSSR count).